The number of aromatic amines is 1. The molecule has 4 atom stereocenters. The molecule has 1 aliphatic rings. The molecular weight excluding hydrogens is 478 g/mol. The van der Waals surface area contributed by atoms with Crippen LogP contribution in [0.5, 0.6) is 0 Å². The Morgan fingerprint density at radius 2 is 1.97 bits per heavy atom. The van der Waals surface area contributed by atoms with E-state index >= 15 is 0 Å². The molecule has 1 fully saturated rings. The topological polar surface area (TPSA) is 148 Å². The maximum atomic E-state index is 10.6. The van der Waals surface area contributed by atoms with Gasteiger partial charge in [0.1, 0.15) is 29.9 Å². The smallest absolute Gasteiger partial charge is 0.167 e. The number of aromatic nitrogens is 6. The van der Waals surface area contributed by atoms with E-state index in [0.717, 1.165) is 41.9 Å². The molecule has 0 amide bonds. The summed E-state index contributed by atoms with van der Waals surface area (Å²) in [5.74, 6) is 2.79. The number of imidazole rings is 2. The molecule has 10 nitrogen and oxygen atoms in total. The number of nitrogens with zero attached hydrogens (tertiary/aromatic N) is 5. The van der Waals surface area contributed by atoms with E-state index in [0.29, 0.717) is 16.9 Å². The number of nitrogens with one attached hydrogen (secondary N) is 1. The van der Waals surface area contributed by atoms with E-state index in [2.05, 4.69) is 58.9 Å². The summed E-state index contributed by atoms with van der Waals surface area (Å²) in [5.41, 5.74) is 10.3. The van der Waals surface area contributed by atoms with E-state index in [1.165, 1.54) is 18.2 Å². The van der Waals surface area contributed by atoms with Crippen LogP contribution >= 0.6 is 11.8 Å². The number of aliphatic hydroxyl groups excluding tert-OH is 2. The van der Waals surface area contributed by atoms with Gasteiger partial charge in [0.15, 0.2) is 17.7 Å². The van der Waals surface area contributed by atoms with Crippen molar-refractivity contribution < 1.29 is 14.9 Å². The molecule has 5 N–H and O–H groups in total. The lowest BCUT2D eigenvalue weighted by atomic mass is 9.87. The first-order valence-corrected chi connectivity index (χ1v) is 13.4. The standard InChI is InChI=1S/C25H33N7O3S/c1-25(2,3)14-7-8-15-16(10-14)31-18(30-15)6-4-5-9-36-11-17-20(33)21(34)24(35-17)32-13-29-19-22(26)27-12-28-23(19)32/h7-8,10,12-13,17,20-21,24,33-34H,4-6,9,11H2,1-3H3,(H,30,31)(H2,26,27,28)/t17-,20-,21-,24-/m1/s1. The van der Waals surface area contributed by atoms with E-state index in [1.54, 1.807) is 16.3 Å². The van der Waals surface area contributed by atoms with Crippen LogP contribution < -0.4 is 5.73 Å². The van der Waals surface area contributed by atoms with Crippen molar-refractivity contribution in [2.75, 3.05) is 17.2 Å². The Hall–Kier alpha value is -2.73. The maximum absolute atomic E-state index is 10.6. The molecule has 1 aliphatic heterocycles. The van der Waals surface area contributed by atoms with Gasteiger partial charge in [-0.05, 0) is 41.7 Å². The Balaban J connectivity index is 1.09. The van der Waals surface area contributed by atoms with Crippen molar-refractivity contribution in [1.82, 2.24) is 29.5 Å². The van der Waals surface area contributed by atoms with Crippen LogP contribution in [0, 0.1) is 0 Å². The first kappa shape index (κ1) is 24.9. The predicted octanol–water partition coefficient (Wildman–Crippen LogP) is 2.96. The summed E-state index contributed by atoms with van der Waals surface area (Å²) in [5, 5.41) is 21.2. The predicted molar refractivity (Wildman–Crippen MR) is 141 cm³/mol. The van der Waals surface area contributed by atoms with Gasteiger partial charge in [-0.25, -0.2) is 19.9 Å². The third-order valence-corrected chi connectivity index (χ3v) is 7.77. The third-order valence-electron chi connectivity index (χ3n) is 6.63. The van der Waals surface area contributed by atoms with Crippen LogP contribution in [0.15, 0.2) is 30.9 Å². The average molecular weight is 512 g/mol. The lowest BCUT2D eigenvalue weighted by molar-refractivity contribution is -0.0289. The summed E-state index contributed by atoms with van der Waals surface area (Å²) in [4.78, 5) is 20.6. The zero-order valence-corrected chi connectivity index (χ0v) is 21.6. The van der Waals surface area contributed by atoms with E-state index in [9.17, 15) is 10.2 Å². The molecule has 0 radical (unpaired) electrons. The third kappa shape index (κ3) is 4.93. The monoisotopic (exact) mass is 511 g/mol. The van der Waals surface area contributed by atoms with Gasteiger partial charge in [-0.3, -0.25) is 4.57 Å². The molecule has 5 rings (SSSR count). The number of ether oxygens (including phenoxy) is 1. The van der Waals surface area contributed by atoms with Crippen molar-refractivity contribution in [2.45, 2.75) is 70.0 Å². The summed E-state index contributed by atoms with van der Waals surface area (Å²) in [6.07, 6.45) is 2.43. The summed E-state index contributed by atoms with van der Waals surface area (Å²) in [6, 6.07) is 6.45. The van der Waals surface area contributed by atoms with Gasteiger partial charge in [0.05, 0.1) is 23.5 Å². The second kappa shape index (κ2) is 9.97. The summed E-state index contributed by atoms with van der Waals surface area (Å²) < 4.78 is 7.61. The first-order valence-electron chi connectivity index (χ1n) is 12.2. The van der Waals surface area contributed by atoms with Gasteiger partial charge >= 0.3 is 0 Å². The van der Waals surface area contributed by atoms with Crippen LogP contribution in [0.4, 0.5) is 5.82 Å². The molecular formula is C25H33N7O3S. The Morgan fingerprint density at radius 1 is 1.14 bits per heavy atom. The normalized spacial score (nSPS) is 22.7. The van der Waals surface area contributed by atoms with Crippen molar-refractivity contribution >= 4 is 39.8 Å². The van der Waals surface area contributed by atoms with E-state index in [4.69, 9.17) is 15.5 Å². The highest BCUT2D eigenvalue weighted by Crippen LogP contribution is 2.33. The molecule has 3 aromatic heterocycles. The maximum Gasteiger partial charge on any atom is 0.167 e. The van der Waals surface area contributed by atoms with Gasteiger partial charge in [-0.15, -0.1) is 0 Å². The second-order valence-electron chi connectivity index (χ2n) is 10.3. The zero-order chi connectivity index (χ0) is 25.4. The Morgan fingerprint density at radius 3 is 2.78 bits per heavy atom. The number of rotatable bonds is 8. The molecule has 0 unspecified atom stereocenters. The Labute approximate surface area is 213 Å². The van der Waals surface area contributed by atoms with Gasteiger partial charge < -0.3 is 25.7 Å². The summed E-state index contributed by atoms with van der Waals surface area (Å²) in [6.45, 7) is 6.64. The molecule has 4 aromatic rings. The molecule has 36 heavy (non-hydrogen) atoms. The Bertz CT molecular complexity index is 1350. The van der Waals surface area contributed by atoms with Gasteiger partial charge in [-0.1, -0.05) is 26.8 Å². The number of aliphatic hydroxyl groups is 2. The van der Waals surface area contributed by atoms with Crippen molar-refractivity contribution in [3.63, 3.8) is 0 Å². The van der Waals surface area contributed by atoms with Crippen molar-refractivity contribution in [1.29, 1.82) is 0 Å². The highest BCUT2D eigenvalue weighted by Gasteiger charge is 2.44. The van der Waals surface area contributed by atoms with Crippen molar-refractivity contribution in [3.8, 4) is 0 Å². The summed E-state index contributed by atoms with van der Waals surface area (Å²) >= 11 is 1.71. The van der Waals surface area contributed by atoms with Gasteiger partial charge in [0.25, 0.3) is 0 Å². The second-order valence-corrected chi connectivity index (χ2v) is 11.5. The molecule has 0 saturated carbocycles. The number of fused-ring (bicyclic) bond motifs is 2. The molecule has 11 heteroatoms. The number of anilines is 1. The Kier molecular flexibility index (Phi) is 6.90. The van der Waals surface area contributed by atoms with E-state index in [-0.39, 0.29) is 11.2 Å². The average Bonchev–Trinajstić information content (AvgIpc) is 3.52. The zero-order valence-electron chi connectivity index (χ0n) is 20.8. The van der Waals surface area contributed by atoms with Gasteiger partial charge in [0, 0.05) is 12.2 Å². The quantitative estimate of drug-likeness (QED) is 0.262. The number of nitrogen functional groups attached to an aromatic ring is 1. The highest BCUT2D eigenvalue weighted by molar-refractivity contribution is 7.99. The fourth-order valence-electron chi connectivity index (χ4n) is 4.50. The van der Waals surface area contributed by atoms with Crippen LogP contribution in [0.3, 0.4) is 0 Å². The minimum atomic E-state index is -1.09. The fourth-order valence-corrected chi connectivity index (χ4v) is 5.58. The number of aryl methyl sites for hydroxylation is 1. The number of nitrogens with two attached hydrogens (primary N) is 1. The minimum absolute atomic E-state index is 0.109. The molecule has 0 spiro atoms. The van der Waals surface area contributed by atoms with E-state index < -0.39 is 24.5 Å². The highest BCUT2D eigenvalue weighted by atomic mass is 32.2. The fraction of sp³-hybridized carbons (Fsp3) is 0.520. The molecule has 1 aromatic carbocycles. The lowest BCUT2D eigenvalue weighted by Crippen LogP contribution is -2.32. The largest absolute Gasteiger partial charge is 0.387 e. The van der Waals surface area contributed by atoms with Crippen molar-refractivity contribution in [3.05, 3.63) is 42.2 Å². The van der Waals surface area contributed by atoms with Crippen LogP contribution in [0.1, 0.15) is 51.2 Å². The number of thioether (sulfide) groups is 1. The van der Waals surface area contributed by atoms with Gasteiger partial charge in [0.2, 0.25) is 0 Å². The first-order chi connectivity index (χ1) is 17.2. The van der Waals surface area contributed by atoms with Crippen LogP contribution in [-0.2, 0) is 16.6 Å². The molecule has 0 bridgehead atoms. The molecule has 0 aliphatic carbocycles. The SMILES string of the molecule is CC(C)(C)c1ccc2nc(CCCCSC[C@H]3O[C@@H](n4cnc5c(N)ncnc54)[C@H](O)[C@@H]3O)[nH]c2c1. The summed E-state index contributed by atoms with van der Waals surface area (Å²) in [7, 11) is 0. The lowest BCUT2D eigenvalue weighted by Gasteiger charge is -2.18. The number of hydrogen-bond donors (Lipinski definition) is 4. The molecule has 1 saturated heterocycles. The number of H-pyrrole nitrogens is 1. The number of hydrogen-bond acceptors (Lipinski definition) is 9. The van der Waals surface area contributed by atoms with Crippen LogP contribution in [0.25, 0.3) is 22.2 Å². The molecule has 4 heterocycles. The molecule has 192 valence electrons. The van der Waals surface area contributed by atoms with Crippen LogP contribution in [0.2, 0.25) is 0 Å². The number of benzene rings is 1. The van der Waals surface area contributed by atoms with Gasteiger partial charge in [-0.2, -0.15) is 11.8 Å². The minimum Gasteiger partial charge on any atom is -0.387 e. The number of unbranched alkanes of at least 4 members (excludes halogenated alkanes) is 1. The van der Waals surface area contributed by atoms with Crippen LogP contribution in [-0.4, -0.2) is 69.5 Å². The van der Waals surface area contributed by atoms with Crippen molar-refractivity contribution in [2.24, 2.45) is 0 Å². The van der Waals surface area contributed by atoms with E-state index in [1.807, 2.05) is 0 Å².